The highest BCUT2D eigenvalue weighted by Crippen LogP contribution is 2.39. The van der Waals surface area contributed by atoms with Crippen LogP contribution in [0.25, 0.3) is 11.0 Å². The minimum Gasteiger partial charge on any atom is -0.494 e. The third-order valence-corrected chi connectivity index (χ3v) is 5.18. The van der Waals surface area contributed by atoms with E-state index in [9.17, 15) is 9.59 Å². The Morgan fingerprint density at radius 3 is 2.76 bits per heavy atom. The third-order valence-electron chi connectivity index (χ3n) is 4.95. The molecule has 0 bridgehead atoms. The van der Waals surface area contributed by atoms with Crippen molar-refractivity contribution < 1.29 is 18.7 Å². The van der Waals surface area contributed by atoms with Crippen molar-refractivity contribution in [1.29, 1.82) is 0 Å². The lowest BCUT2D eigenvalue weighted by Gasteiger charge is -2.25. The van der Waals surface area contributed by atoms with Crippen molar-refractivity contribution in [2.45, 2.75) is 13.0 Å². The fourth-order valence-electron chi connectivity index (χ4n) is 3.70. The number of rotatable bonds is 6. The van der Waals surface area contributed by atoms with Crippen molar-refractivity contribution in [3.8, 4) is 5.75 Å². The highest BCUT2D eigenvalue weighted by molar-refractivity contribution is 6.31. The lowest BCUT2D eigenvalue weighted by molar-refractivity contribution is 0.0663. The number of hydrogen-bond donors (Lipinski definition) is 0. The van der Waals surface area contributed by atoms with E-state index in [-0.39, 0.29) is 17.1 Å². The zero-order valence-corrected chi connectivity index (χ0v) is 16.9. The summed E-state index contributed by atoms with van der Waals surface area (Å²) in [5.74, 6) is 0.399. The SMILES string of the molecule is CCOc1cccc(C2c3c(oc4ccc(Cl)cc4c3=O)C(=O)N2CCOC)c1. The molecule has 1 aromatic heterocycles. The van der Waals surface area contributed by atoms with Crippen LogP contribution in [0.4, 0.5) is 0 Å². The summed E-state index contributed by atoms with van der Waals surface area (Å²) < 4.78 is 16.7. The van der Waals surface area contributed by atoms with Crippen LogP contribution in [-0.4, -0.2) is 37.7 Å². The Bertz CT molecular complexity index is 1140. The van der Waals surface area contributed by atoms with Crippen LogP contribution in [0.2, 0.25) is 5.02 Å². The van der Waals surface area contributed by atoms with Gasteiger partial charge >= 0.3 is 0 Å². The van der Waals surface area contributed by atoms with E-state index in [4.69, 9.17) is 25.5 Å². The maximum Gasteiger partial charge on any atom is 0.290 e. The number of methoxy groups -OCH3 is 1. The topological polar surface area (TPSA) is 69.0 Å². The molecule has 0 spiro atoms. The van der Waals surface area contributed by atoms with Crippen molar-refractivity contribution in [2.75, 3.05) is 26.9 Å². The van der Waals surface area contributed by atoms with Crippen LogP contribution in [0.5, 0.6) is 5.75 Å². The zero-order chi connectivity index (χ0) is 20.5. The molecule has 1 unspecified atom stereocenters. The summed E-state index contributed by atoms with van der Waals surface area (Å²) in [5.41, 5.74) is 1.16. The Balaban J connectivity index is 1.94. The van der Waals surface area contributed by atoms with Gasteiger partial charge in [-0.2, -0.15) is 0 Å². The molecule has 0 radical (unpaired) electrons. The lowest BCUT2D eigenvalue weighted by Crippen LogP contribution is -2.32. The number of benzene rings is 2. The van der Waals surface area contributed by atoms with E-state index in [1.54, 1.807) is 30.2 Å². The average molecular weight is 414 g/mol. The minimum absolute atomic E-state index is 0.0627. The molecule has 7 heteroatoms. The Hall–Kier alpha value is -2.83. The smallest absolute Gasteiger partial charge is 0.290 e. The average Bonchev–Trinajstić information content (AvgIpc) is 3.00. The van der Waals surface area contributed by atoms with Gasteiger partial charge in [0.1, 0.15) is 11.3 Å². The van der Waals surface area contributed by atoms with Crippen LogP contribution in [0, 0.1) is 0 Å². The van der Waals surface area contributed by atoms with Gasteiger partial charge in [0.25, 0.3) is 5.91 Å². The fourth-order valence-corrected chi connectivity index (χ4v) is 3.87. The molecule has 3 aromatic rings. The zero-order valence-electron chi connectivity index (χ0n) is 16.1. The summed E-state index contributed by atoms with van der Waals surface area (Å²) >= 11 is 6.09. The Morgan fingerprint density at radius 1 is 1.17 bits per heavy atom. The number of fused-ring (bicyclic) bond motifs is 2. The highest BCUT2D eigenvalue weighted by atomic mass is 35.5. The Kier molecular flexibility index (Phi) is 5.30. The predicted octanol–water partition coefficient (Wildman–Crippen LogP) is 4.04. The van der Waals surface area contributed by atoms with Gasteiger partial charge in [-0.3, -0.25) is 9.59 Å². The van der Waals surface area contributed by atoms with Gasteiger partial charge in [0.05, 0.1) is 30.2 Å². The number of amides is 1. The highest BCUT2D eigenvalue weighted by Gasteiger charge is 2.42. The van der Waals surface area contributed by atoms with Crippen LogP contribution >= 0.6 is 11.6 Å². The summed E-state index contributed by atoms with van der Waals surface area (Å²) in [7, 11) is 1.57. The van der Waals surface area contributed by atoms with E-state index in [0.29, 0.717) is 47.1 Å². The van der Waals surface area contributed by atoms with E-state index in [1.807, 2.05) is 31.2 Å². The molecule has 0 fully saturated rings. The first-order chi connectivity index (χ1) is 14.0. The monoisotopic (exact) mass is 413 g/mol. The number of halogens is 1. The molecule has 1 aliphatic rings. The molecule has 2 heterocycles. The molecule has 0 aliphatic carbocycles. The summed E-state index contributed by atoms with van der Waals surface area (Å²) in [6.45, 7) is 3.07. The van der Waals surface area contributed by atoms with E-state index in [0.717, 1.165) is 5.56 Å². The molecule has 0 N–H and O–H groups in total. The van der Waals surface area contributed by atoms with Crippen LogP contribution in [-0.2, 0) is 4.74 Å². The molecule has 6 nitrogen and oxygen atoms in total. The summed E-state index contributed by atoms with van der Waals surface area (Å²) in [6.07, 6.45) is 0. The van der Waals surface area contributed by atoms with Gasteiger partial charge in [-0.25, -0.2) is 0 Å². The van der Waals surface area contributed by atoms with Gasteiger partial charge in [0.2, 0.25) is 5.76 Å². The largest absolute Gasteiger partial charge is 0.494 e. The van der Waals surface area contributed by atoms with Gasteiger partial charge in [-0.1, -0.05) is 23.7 Å². The Morgan fingerprint density at radius 2 is 2.00 bits per heavy atom. The van der Waals surface area contributed by atoms with Crippen molar-refractivity contribution in [3.05, 3.63) is 74.6 Å². The molecule has 1 atom stereocenters. The van der Waals surface area contributed by atoms with Crippen LogP contribution in [0.15, 0.2) is 51.7 Å². The van der Waals surface area contributed by atoms with E-state index >= 15 is 0 Å². The molecular weight excluding hydrogens is 394 g/mol. The van der Waals surface area contributed by atoms with E-state index in [2.05, 4.69) is 0 Å². The second-order valence-corrected chi connectivity index (χ2v) is 7.15. The molecule has 29 heavy (non-hydrogen) atoms. The summed E-state index contributed by atoms with van der Waals surface area (Å²) in [5, 5.41) is 0.781. The predicted molar refractivity (Wildman–Crippen MR) is 110 cm³/mol. The summed E-state index contributed by atoms with van der Waals surface area (Å²) in [6, 6.07) is 11.6. The maximum absolute atomic E-state index is 13.4. The second-order valence-electron chi connectivity index (χ2n) is 6.71. The van der Waals surface area contributed by atoms with Crippen molar-refractivity contribution in [1.82, 2.24) is 4.90 Å². The third kappa shape index (κ3) is 3.39. The van der Waals surface area contributed by atoms with E-state index < -0.39 is 6.04 Å². The number of hydrogen-bond acceptors (Lipinski definition) is 5. The number of carbonyl (C=O) groups is 1. The molecular formula is C22H20ClNO5. The van der Waals surface area contributed by atoms with E-state index in [1.165, 1.54) is 0 Å². The second kappa shape index (κ2) is 7.89. The molecule has 0 saturated heterocycles. The Labute approximate surface area is 172 Å². The maximum atomic E-state index is 13.4. The van der Waals surface area contributed by atoms with Crippen molar-refractivity contribution >= 4 is 28.5 Å². The van der Waals surface area contributed by atoms with Crippen LogP contribution in [0.3, 0.4) is 0 Å². The van der Waals surface area contributed by atoms with Crippen LogP contribution < -0.4 is 10.2 Å². The van der Waals surface area contributed by atoms with Crippen molar-refractivity contribution in [2.24, 2.45) is 0 Å². The molecule has 150 valence electrons. The van der Waals surface area contributed by atoms with Gasteiger partial charge < -0.3 is 18.8 Å². The van der Waals surface area contributed by atoms with Gasteiger partial charge in [0, 0.05) is 18.7 Å². The molecule has 4 rings (SSSR count). The van der Waals surface area contributed by atoms with Gasteiger partial charge in [-0.15, -0.1) is 0 Å². The minimum atomic E-state index is -0.590. The first kappa shape index (κ1) is 19.5. The molecule has 2 aromatic carbocycles. The molecule has 0 saturated carbocycles. The lowest BCUT2D eigenvalue weighted by atomic mass is 9.98. The first-order valence-corrected chi connectivity index (χ1v) is 9.72. The van der Waals surface area contributed by atoms with Crippen molar-refractivity contribution in [3.63, 3.8) is 0 Å². The standard InChI is InChI=1S/C22H20ClNO5/c1-3-28-15-6-4-5-13(11-15)19-18-20(25)16-12-14(23)7-8-17(16)29-21(18)22(26)24(19)9-10-27-2/h4-8,11-12,19H,3,9-10H2,1-2H3. The molecule has 1 aliphatic heterocycles. The summed E-state index contributed by atoms with van der Waals surface area (Å²) in [4.78, 5) is 28.1. The normalized spacial score (nSPS) is 15.8. The van der Waals surface area contributed by atoms with Crippen LogP contribution in [0.1, 0.15) is 34.6 Å². The quantitative estimate of drug-likeness (QED) is 0.610. The number of carbonyl (C=O) groups excluding carboxylic acids is 1. The fraction of sp³-hybridized carbons (Fsp3) is 0.273. The molecule has 1 amide bonds. The number of ether oxygens (including phenoxy) is 2. The number of nitrogens with zero attached hydrogens (tertiary/aromatic N) is 1. The first-order valence-electron chi connectivity index (χ1n) is 9.34. The van der Waals surface area contributed by atoms with Gasteiger partial charge in [-0.05, 0) is 42.8 Å². The van der Waals surface area contributed by atoms with Gasteiger partial charge in [0.15, 0.2) is 5.43 Å².